The van der Waals surface area contributed by atoms with E-state index >= 15 is 0 Å². The van der Waals surface area contributed by atoms with Crippen molar-refractivity contribution in [1.29, 1.82) is 0 Å². The highest BCUT2D eigenvalue weighted by atomic mass is 32.2. The van der Waals surface area contributed by atoms with Crippen molar-refractivity contribution in [2.24, 2.45) is 0 Å². The molecule has 0 spiro atoms. The smallest absolute Gasteiger partial charge is 0.124 e. The molecule has 0 fully saturated rings. The largest absolute Gasteiger partial charge is 0.497 e. The van der Waals surface area contributed by atoms with Gasteiger partial charge in [0, 0.05) is 36.2 Å². The van der Waals surface area contributed by atoms with Gasteiger partial charge >= 0.3 is 0 Å². The van der Waals surface area contributed by atoms with Gasteiger partial charge in [-0.05, 0) is 6.26 Å². The number of ether oxygens (including phenoxy) is 2. The van der Waals surface area contributed by atoms with Gasteiger partial charge in [-0.3, -0.25) is 0 Å². The lowest BCUT2D eigenvalue weighted by molar-refractivity contribution is 0.394. The minimum atomic E-state index is 0.806. The molecular formula is C11H17NO2S. The minimum Gasteiger partial charge on any atom is -0.497 e. The maximum Gasteiger partial charge on any atom is 0.124 e. The van der Waals surface area contributed by atoms with Gasteiger partial charge in [0.05, 0.1) is 14.2 Å². The third-order valence-electron chi connectivity index (χ3n) is 1.99. The van der Waals surface area contributed by atoms with E-state index in [1.807, 2.05) is 30.0 Å². The van der Waals surface area contributed by atoms with Crippen molar-refractivity contribution in [1.82, 2.24) is 0 Å². The van der Waals surface area contributed by atoms with Gasteiger partial charge in [-0.25, -0.2) is 0 Å². The van der Waals surface area contributed by atoms with E-state index in [0.717, 1.165) is 29.5 Å². The Morgan fingerprint density at radius 3 is 2.20 bits per heavy atom. The lowest BCUT2D eigenvalue weighted by Crippen LogP contribution is -2.04. The number of benzene rings is 1. The second-order valence-electron chi connectivity index (χ2n) is 3.02. The van der Waals surface area contributed by atoms with Crippen LogP contribution in [-0.4, -0.2) is 32.8 Å². The molecule has 0 aliphatic heterocycles. The Balaban J connectivity index is 2.68. The molecule has 1 rings (SSSR count). The van der Waals surface area contributed by atoms with E-state index in [2.05, 4.69) is 11.6 Å². The number of nitrogens with one attached hydrogen (secondary N) is 1. The molecule has 0 saturated heterocycles. The number of rotatable bonds is 6. The average Bonchev–Trinajstić information content (AvgIpc) is 2.29. The highest BCUT2D eigenvalue weighted by molar-refractivity contribution is 7.98. The summed E-state index contributed by atoms with van der Waals surface area (Å²) in [5.41, 5.74) is 1.03. The highest BCUT2D eigenvalue weighted by Gasteiger charge is 2.00. The summed E-state index contributed by atoms with van der Waals surface area (Å²) in [5, 5.41) is 3.31. The highest BCUT2D eigenvalue weighted by Crippen LogP contribution is 2.25. The first-order chi connectivity index (χ1) is 7.30. The number of anilines is 1. The average molecular weight is 227 g/mol. The fraction of sp³-hybridized carbons (Fsp3) is 0.455. The molecule has 1 aromatic carbocycles. The molecule has 84 valence electrons. The number of hydrogen-bond donors (Lipinski definition) is 1. The summed E-state index contributed by atoms with van der Waals surface area (Å²) in [6.07, 6.45) is 2.09. The standard InChI is InChI=1S/C11H17NO2S/c1-13-10-6-9(12-4-5-15-3)7-11(8-10)14-2/h6-8,12H,4-5H2,1-3H3. The molecule has 3 nitrogen and oxygen atoms in total. The molecular weight excluding hydrogens is 210 g/mol. The summed E-state index contributed by atoms with van der Waals surface area (Å²) in [7, 11) is 3.31. The van der Waals surface area contributed by atoms with Crippen molar-refractivity contribution < 1.29 is 9.47 Å². The molecule has 0 aromatic heterocycles. The molecule has 0 aliphatic rings. The zero-order valence-corrected chi connectivity index (χ0v) is 10.2. The minimum absolute atomic E-state index is 0.806. The monoisotopic (exact) mass is 227 g/mol. The van der Waals surface area contributed by atoms with Crippen molar-refractivity contribution in [3.8, 4) is 11.5 Å². The first kappa shape index (κ1) is 12.0. The van der Waals surface area contributed by atoms with Crippen LogP contribution in [0.2, 0.25) is 0 Å². The van der Waals surface area contributed by atoms with Crippen LogP contribution in [0.3, 0.4) is 0 Å². The number of thioether (sulfide) groups is 1. The Hall–Kier alpha value is -1.03. The Labute approximate surface area is 95.2 Å². The van der Waals surface area contributed by atoms with Crippen LogP contribution in [0, 0.1) is 0 Å². The van der Waals surface area contributed by atoms with Crippen LogP contribution >= 0.6 is 11.8 Å². The summed E-state index contributed by atoms with van der Waals surface area (Å²) >= 11 is 1.82. The van der Waals surface area contributed by atoms with Crippen LogP contribution in [0.5, 0.6) is 11.5 Å². The van der Waals surface area contributed by atoms with Gasteiger partial charge in [0.2, 0.25) is 0 Å². The molecule has 1 aromatic rings. The van der Waals surface area contributed by atoms with Crippen molar-refractivity contribution in [3.05, 3.63) is 18.2 Å². The van der Waals surface area contributed by atoms with Crippen LogP contribution in [0.1, 0.15) is 0 Å². The van der Waals surface area contributed by atoms with Gasteiger partial charge in [-0.2, -0.15) is 11.8 Å². The van der Waals surface area contributed by atoms with Crippen LogP contribution in [0.4, 0.5) is 5.69 Å². The van der Waals surface area contributed by atoms with E-state index in [9.17, 15) is 0 Å². The van der Waals surface area contributed by atoms with Crippen LogP contribution in [0.15, 0.2) is 18.2 Å². The van der Waals surface area contributed by atoms with Gasteiger partial charge in [0.1, 0.15) is 11.5 Å². The van der Waals surface area contributed by atoms with Gasteiger partial charge < -0.3 is 14.8 Å². The zero-order valence-electron chi connectivity index (χ0n) is 9.37. The van der Waals surface area contributed by atoms with Gasteiger partial charge in [0.15, 0.2) is 0 Å². The molecule has 0 atom stereocenters. The lowest BCUT2D eigenvalue weighted by Gasteiger charge is -2.10. The molecule has 0 heterocycles. The van der Waals surface area contributed by atoms with Gasteiger partial charge in [-0.1, -0.05) is 0 Å². The van der Waals surface area contributed by atoms with Gasteiger partial charge in [-0.15, -0.1) is 0 Å². The Morgan fingerprint density at radius 2 is 1.73 bits per heavy atom. The Morgan fingerprint density at radius 1 is 1.13 bits per heavy atom. The molecule has 0 amide bonds. The quantitative estimate of drug-likeness (QED) is 0.756. The predicted octanol–water partition coefficient (Wildman–Crippen LogP) is 2.48. The van der Waals surface area contributed by atoms with Crippen molar-refractivity contribution in [2.75, 3.05) is 38.1 Å². The van der Waals surface area contributed by atoms with Crippen LogP contribution < -0.4 is 14.8 Å². The second-order valence-corrected chi connectivity index (χ2v) is 4.01. The molecule has 0 unspecified atom stereocenters. The summed E-state index contributed by atoms with van der Waals surface area (Å²) in [6.45, 7) is 0.942. The number of hydrogen-bond acceptors (Lipinski definition) is 4. The lowest BCUT2D eigenvalue weighted by atomic mass is 10.3. The maximum absolute atomic E-state index is 5.18. The molecule has 0 saturated carbocycles. The number of methoxy groups -OCH3 is 2. The van der Waals surface area contributed by atoms with Crippen molar-refractivity contribution in [2.45, 2.75) is 0 Å². The topological polar surface area (TPSA) is 30.5 Å². The van der Waals surface area contributed by atoms with E-state index in [0.29, 0.717) is 0 Å². The first-order valence-electron chi connectivity index (χ1n) is 4.76. The summed E-state index contributed by atoms with van der Waals surface area (Å²) < 4.78 is 10.4. The molecule has 4 heteroatoms. The summed E-state index contributed by atoms with van der Waals surface area (Å²) in [6, 6.07) is 5.78. The molecule has 0 radical (unpaired) electrons. The molecule has 0 bridgehead atoms. The van der Waals surface area contributed by atoms with Crippen LogP contribution in [-0.2, 0) is 0 Å². The fourth-order valence-corrected chi connectivity index (χ4v) is 1.51. The van der Waals surface area contributed by atoms with Crippen LogP contribution in [0.25, 0.3) is 0 Å². The summed E-state index contributed by atoms with van der Waals surface area (Å²) in [5.74, 6) is 2.70. The Bertz CT molecular complexity index is 282. The zero-order chi connectivity index (χ0) is 11.1. The van der Waals surface area contributed by atoms with Gasteiger partial charge in [0.25, 0.3) is 0 Å². The van der Waals surface area contributed by atoms with Crippen molar-refractivity contribution in [3.63, 3.8) is 0 Å². The van der Waals surface area contributed by atoms with E-state index in [4.69, 9.17) is 9.47 Å². The van der Waals surface area contributed by atoms with Crippen molar-refractivity contribution >= 4 is 17.4 Å². The maximum atomic E-state index is 5.18. The molecule has 1 N–H and O–H groups in total. The molecule has 15 heavy (non-hydrogen) atoms. The molecule has 0 aliphatic carbocycles. The summed E-state index contributed by atoms with van der Waals surface area (Å²) in [4.78, 5) is 0. The SMILES string of the molecule is COc1cc(NCCSC)cc(OC)c1. The van der Waals surface area contributed by atoms with E-state index in [-0.39, 0.29) is 0 Å². The Kier molecular flexibility index (Phi) is 5.18. The third-order valence-corrected chi connectivity index (χ3v) is 2.60. The second kappa shape index (κ2) is 6.45. The third kappa shape index (κ3) is 3.91. The van der Waals surface area contributed by atoms with E-state index in [1.54, 1.807) is 14.2 Å². The van der Waals surface area contributed by atoms with E-state index < -0.39 is 0 Å². The van der Waals surface area contributed by atoms with E-state index in [1.165, 1.54) is 0 Å². The fourth-order valence-electron chi connectivity index (χ4n) is 1.21. The normalized spacial score (nSPS) is 9.80. The predicted molar refractivity (Wildman–Crippen MR) is 66.4 cm³/mol. The first-order valence-corrected chi connectivity index (χ1v) is 6.15.